The van der Waals surface area contributed by atoms with Crippen LogP contribution in [0.5, 0.6) is 0 Å². The number of benzene rings is 1. The van der Waals surface area contributed by atoms with Gasteiger partial charge in [-0.2, -0.15) is 5.10 Å². The van der Waals surface area contributed by atoms with Gasteiger partial charge in [0.15, 0.2) is 0 Å². The van der Waals surface area contributed by atoms with Gasteiger partial charge in [0.2, 0.25) is 5.91 Å². The third-order valence-electron chi connectivity index (χ3n) is 4.92. The Kier molecular flexibility index (Phi) is 2.61. The molecule has 0 spiro atoms. The maximum Gasteiger partial charge on any atom is 0.229 e. The van der Waals surface area contributed by atoms with E-state index in [1.54, 1.807) is 6.07 Å². The highest BCUT2D eigenvalue weighted by Gasteiger charge is 2.54. The minimum Gasteiger partial charge on any atom is -0.369 e. The lowest BCUT2D eigenvalue weighted by Crippen LogP contribution is -2.38. The number of primary amides is 1. The summed E-state index contributed by atoms with van der Waals surface area (Å²) in [5.41, 5.74) is 6.20. The summed E-state index contributed by atoms with van der Waals surface area (Å²) in [5, 5.41) is 8.06. The summed E-state index contributed by atoms with van der Waals surface area (Å²) in [6.45, 7) is 0. The van der Waals surface area contributed by atoms with Gasteiger partial charge in [-0.3, -0.25) is 4.79 Å². The molecule has 1 saturated carbocycles. The summed E-state index contributed by atoms with van der Waals surface area (Å²) >= 11 is 0. The largest absolute Gasteiger partial charge is 0.369 e. The average Bonchev–Trinajstić information content (AvgIpc) is 3.05. The van der Waals surface area contributed by atoms with E-state index in [1.807, 2.05) is 0 Å². The fourth-order valence-electron chi connectivity index (χ4n) is 3.82. The van der Waals surface area contributed by atoms with Gasteiger partial charge in [0.1, 0.15) is 11.6 Å². The van der Waals surface area contributed by atoms with E-state index in [2.05, 4.69) is 10.2 Å². The van der Waals surface area contributed by atoms with Gasteiger partial charge in [0.05, 0.1) is 22.4 Å². The molecule has 1 fully saturated rings. The zero-order valence-electron chi connectivity index (χ0n) is 11.6. The van der Waals surface area contributed by atoms with E-state index in [9.17, 15) is 13.6 Å². The zero-order valence-corrected chi connectivity index (χ0v) is 11.6. The number of nitrogens with two attached hydrogens (primary N) is 1. The molecule has 2 atom stereocenters. The Morgan fingerprint density at radius 2 is 2.00 bits per heavy atom. The SMILES string of the molecule is NC(=O)[C@]12CC[C@H](C1)c1cc(-c3c(F)cccc3F)nnc12. The molecule has 1 aromatic carbocycles. The van der Waals surface area contributed by atoms with Gasteiger partial charge in [-0.25, -0.2) is 8.78 Å². The Bertz CT molecular complexity index is 788. The second-order valence-electron chi connectivity index (χ2n) is 6.02. The highest BCUT2D eigenvalue weighted by atomic mass is 19.1. The Morgan fingerprint density at radius 3 is 2.68 bits per heavy atom. The van der Waals surface area contributed by atoms with Crippen molar-refractivity contribution in [3.63, 3.8) is 0 Å². The number of carbonyl (C=O) groups excluding carboxylic acids is 1. The second kappa shape index (κ2) is 4.32. The molecule has 4 nitrogen and oxygen atoms in total. The third kappa shape index (κ3) is 1.58. The highest BCUT2D eigenvalue weighted by Crippen LogP contribution is 2.56. The first-order valence-corrected chi connectivity index (χ1v) is 7.15. The van der Waals surface area contributed by atoms with E-state index in [0.717, 1.165) is 12.0 Å². The molecule has 6 heteroatoms. The van der Waals surface area contributed by atoms with Crippen LogP contribution < -0.4 is 5.73 Å². The first-order chi connectivity index (χ1) is 10.5. The van der Waals surface area contributed by atoms with Crippen LogP contribution in [0.25, 0.3) is 11.3 Å². The van der Waals surface area contributed by atoms with Crippen LogP contribution in [0.3, 0.4) is 0 Å². The molecule has 22 heavy (non-hydrogen) atoms. The third-order valence-corrected chi connectivity index (χ3v) is 4.92. The lowest BCUT2D eigenvalue weighted by atomic mass is 9.82. The van der Waals surface area contributed by atoms with E-state index in [-0.39, 0.29) is 17.2 Å². The molecule has 1 amide bonds. The van der Waals surface area contributed by atoms with Crippen molar-refractivity contribution < 1.29 is 13.6 Å². The normalized spacial score (nSPS) is 25.3. The number of rotatable bonds is 2. The molecule has 0 radical (unpaired) electrons. The van der Waals surface area contributed by atoms with E-state index in [0.29, 0.717) is 18.5 Å². The van der Waals surface area contributed by atoms with Gasteiger partial charge in [-0.05, 0) is 48.9 Å². The minimum absolute atomic E-state index is 0.154. The van der Waals surface area contributed by atoms with Crippen LogP contribution in [-0.4, -0.2) is 16.1 Å². The number of halogens is 2. The highest BCUT2D eigenvalue weighted by molar-refractivity contribution is 5.88. The quantitative estimate of drug-likeness (QED) is 0.926. The summed E-state index contributed by atoms with van der Waals surface area (Å²) in [6, 6.07) is 5.33. The first-order valence-electron chi connectivity index (χ1n) is 7.15. The van der Waals surface area contributed by atoms with Gasteiger partial charge in [0.25, 0.3) is 0 Å². The van der Waals surface area contributed by atoms with Crippen molar-refractivity contribution in [3.8, 4) is 11.3 Å². The molecule has 2 aromatic rings. The maximum absolute atomic E-state index is 13.9. The molecule has 1 heterocycles. The molecule has 0 saturated heterocycles. The van der Waals surface area contributed by atoms with Crippen molar-refractivity contribution in [2.45, 2.75) is 30.6 Å². The molecule has 1 aromatic heterocycles. The average molecular weight is 301 g/mol. The number of aromatic nitrogens is 2. The van der Waals surface area contributed by atoms with Crippen molar-refractivity contribution in [2.24, 2.45) is 5.73 Å². The molecule has 0 unspecified atom stereocenters. The number of hydrogen-bond donors (Lipinski definition) is 1. The summed E-state index contributed by atoms with van der Waals surface area (Å²) in [4.78, 5) is 11.8. The van der Waals surface area contributed by atoms with E-state index in [4.69, 9.17) is 5.73 Å². The fourth-order valence-corrected chi connectivity index (χ4v) is 3.82. The standard InChI is InChI=1S/C16H13F2N3O/c17-10-2-1-3-11(18)13(10)12-6-9-8-4-5-16(7-8,15(19)22)14(9)21-20-12/h1-3,6,8H,4-5,7H2,(H2,19,22)/t8-,16-/m1/s1. The molecule has 4 rings (SSSR count). The molecule has 2 bridgehead atoms. The lowest BCUT2D eigenvalue weighted by Gasteiger charge is -2.23. The van der Waals surface area contributed by atoms with Gasteiger partial charge in [-0.1, -0.05) is 6.07 Å². The molecular weight excluding hydrogens is 288 g/mol. The number of hydrogen-bond acceptors (Lipinski definition) is 3. The Morgan fingerprint density at radius 1 is 1.27 bits per heavy atom. The van der Waals surface area contributed by atoms with Crippen LogP contribution >= 0.6 is 0 Å². The van der Waals surface area contributed by atoms with Gasteiger partial charge in [0, 0.05) is 0 Å². The van der Waals surface area contributed by atoms with Crippen LogP contribution in [0.2, 0.25) is 0 Å². The van der Waals surface area contributed by atoms with Crippen LogP contribution in [0.15, 0.2) is 24.3 Å². The van der Waals surface area contributed by atoms with Gasteiger partial charge >= 0.3 is 0 Å². The van der Waals surface area contributed by atoms with E-state index in [1.165, 1.54) is 18.2 Å². The van der Waals surface area contributed by atoms with Crippen molar-refractivity contribution in [1.29, 1.82) is 0 Å². The smallest absolute Gasteiger partial charge is 0.229 e. The Hall–Kier alpha value is -2.37. The predicted octanol–water partition coefficient (Wildman–Crippen LogP) is 2.43. The number of amides is 1. The van der Waals surface area contributed by atoms with Crippen LogP contribution in [0.1, 0.15) is 36.4 Å². The molecule has 2 aliphatic rings. The van der Waals surface area contributed by atoms with Gasteiger partial charge < -0.3 is 5.73 Å². The maximum atomic E-state index is 13.9. The first kappa shape index (κ1) is 13.3. The number of carbonyl (C=O) groups is 1. The van der Waals surface area contributed by atoms with Crippen molar-refractivity contribution in [2.75, 3.05) is 0 Å². The molecule has 2 aliphatic carbocycles. The summed E-state index contributed by atoms with van der Waals surface area (Å²) in [7, 11) is 0. The molecule has 112 valence electrons. The molecule has 2 N–H and O–H groups in total. The van der Waals surface area contributed by atoms with Crippen molar-refractivity contribution in [3.05, 3.63) is 47.2 Å². The number of fused-ring (bicyclic) bond motifs is 5. The second-order valence-corrected chi connectivity index (χ2v) is 6.02. The van der Waals surface area contributed by atoms with E-state index >= 15 is 0 Å². The Labute approximate surface area is 125 Å². The fraction of sp³-hybridized carbons (Fsp3) is 0.312. The van der Waals surface area contributed by atoms with Crippen LogP contribution in [-0.2, 0) is 10.2 Å². The van der Waals surface area contributed by atoms with Crippen LogP contribution in [0.4, 0.5) is 8.78 Å². The molecular formula is C16H13F2N3O. The summed E-state index contributed by atoms with van der Waals surface area (Å²) < 4.78 is 27.8. The topological polar surface area (TPSA) is 68.9 Å². The Balaban J connectivity index is 1.89. The minimum atomic E-state index is -0.751. The summed E-state index contributed by atoms with van der Waals surface area (Å²) in [6.07, 6.45) is 2.12. The van der Waals surface area contributed by atoms with Gasteiger partial charge in [-0.15, -0.1) is 5.10 Å². The predicted molar refractivity (Wildman–Crippen MR) is 74.8 cm³/mol. The van der Waals surface area contributed by atoms with Crippen molar-refractivity contribution in [1.82, 2.24) is 10.2 Å². The van der Waals surface area contributed by atoms with E-state index < -0.39 is 23.0 Å². The lowest BCUT2D eigenvalue weighted by molar-refractivity contribution is -0.123. The monoisotopic (exact) mass is 301 g/mol. The summed E-state index contributed by atoms with van der Waals surface area (Å²) in [5.74, 6) is -1.59. The molecule has 0 aliphatic heterocycles. The van der Waals surface area contributed by atoms with Crippen LogP contribution in [0, 0.1) is 11.6 Å². The van der Waals surface area contributed by atoms with Crippen molar-refractivity contribution >= 4 is 5.91 Å². The zero-order chi connectivity index (χ0) is 15.5. The number of nitrogens with zero attached hydrogens (tertiary/aromatic N) is 2.